The lowest BCUT2D eigenvalue weighted by Crippen LogP contribution is -2.09. The predicted octanol–water partition coefficient (Wildman–Crippen LogP) is 3.42. The van der Waals surface area contributed by atoms with Crippen molar-refractivity contribution < 1.29 is 9.13 Å². The molecular formula is C18H18FN5O. The molecular weight excluding hydrogens is 321 g/mol. The molecule has 0 bridgehead atoms. The molecule has 25 heavy (non-hydrogen) atoms. The maximum absolute atomic E-state index is 12.9. The Morgan fingerprint density at radius 3 is 2.76 bits per heavy atom. The molecule has 0 radical (unpaired) electrons. The molecule has 6 nitrogen and oxygen atoms in total. The fraction of sp³-hybridized carbons (Fsp3) is 0.167. The van der Waals surface area contributed by atoms with Crippen LogP contribution in [0.15, 0.2) is 54.7 Å². The molecule has 0 saturated carbocycles. The van der Waals surface area contributed by atoms with Gasteiger partial charge in [-0.25, -0.2) is 4.39 Å². The van der Waals surface area contributed by atoms with Crippen LogP contribution in [0.1, 0.15) is 5.56 Å². The van der Waals surface area contributed by atoms with Gasteiger partial charge in [-0.3, -0.25) is 0 Å². The summed E-state index contributed by atoms with van der Waals surface area (Å²) in [6.07, 6.45) is 2.31. The first-order valence-electron chi connectivity index (χ1n) is 7.82. The second-order valence-corrected chi connectivity index (χ2v) is 5.33. The normalized spacial score (nSPS) is 10.3. The van der Waals surface area contributed by atoms with Crippen molar-refractivity contribution in [3.8, 4) is 5.75 Å². The lowest BCUT2D eigenvalue weighted by molar-refractivity contribution is 0.414. The van der Waals surface area contributed by atoms with Crippen LogP contribution >= 0.6 is 0 Å². The largest absolute Gasteiger partial charge is 0.497 e. The highest BCUT2D eigenvalue weighted by Gasteiger charge is 2.02. The van der Waals surface area contributed by atoms with Crippen LogP contribution < -0.4 is 15.4 Å². The maximum Gasteiger partial charge on any atom is 0.244 e. The summed E-state index contributed by atoms with van der Waals surface area (Å²) < 4.78 is 18.1. The van der Waals surface area contributed by atoms with E-state index < -0.39 is 0 Å². The van der Waals surface area contributed by atoms with Gasteiger partial charge in [0.2, 0.25) is 5.95 Å². The summed E-state index contributed by atoms with van der Waals surface area (Å²) in [5, 5.41) is 14.1. The molecule has 3 rings (SSSR count). The van der Waals surface area contributed by atoms with Crippen LogP contribution in [0.2, 0.25) is 0 Å². The van der Waals surface area contributed by atoms with Crippen LogP contribution in [-0.2, 0) is 6.42 Å². The van der Waals surface area contributed by atoms with Crippen molar-refractivity contribution in [1.29, 1.82) is 0 Å². The van der Waals surface area contributed by atoms with Gasteiger partial charge in [-0.05, 0) is 48.4 Å². The van der Waals surface area contributed by atoms with Gasteiger partial charge < -0.3 is 15.4 Å². The molecule has 0 aliphatic carbocycles. The molecule has 0 unspecified atom stereocenters. The molecule has 0 saturated heterocycles. The predicted molar refractivity (Wildman–Crippen MR) is 94.7 cm³/mol. The quantitative estimate of drug-likeness (QED) is 0.687. The van der Waals surface area contributed by atoms with Gasteiger partial charge in [0.25, 0.3) is 0 Å². The van der Waals surface area contributed by atoms with Crippen molar-refractivity contribution in [2.75, 3.05) is 24.3 Å². The van der Waals surface area contributed by atoms with E-state index in [-0.39, 0.29) is 5.82 Å². The molecule has 2 aromatic carbocycles. The first-order valence-corrected chi connectivity index (χ1v) is 7.82. The Labute approximate surface area is 145 Å². The minimum Gasteiger partial charge on any atom is -0.497 e. The van der Waals surface area contributed by atoms with Crippen LogP contribution in [0, 0.1) is 5.82 Å². The Morgan fingerprint density at radius 1 is 1.12 bits per heavy atom. The van der Waals surface area contributed by atoms with Gasteiger partial charge in [-0.15, -0.1) is 5.10 Å². The summed E-state index contributed by atoms with van der Waals surface area (Å²) in [5.41, 5.74) is 1.88. The van der Waals surface area contributed by atoms with Gasteiger partial charge >= 0.3 is 0 Å². The highest BCUT2D eigenvalue weighted by atomic mass is 19.1. The lowest BCUT2D eigenvalue weighted by Gasteiger charge is -2.08. The first kappa shape index (κ1) is 16.6. The van der Waals surface area contributed by atoms with Crippen molar-refractivity contribution in [2.45, 2.75) is 6.42 Å². The third kappa shape index (κ3) is 4.87. The van der Waals surface area contributed by atoms with E-state index in [0.717, 1.165) is 23.4 Å². The minimum atomic E-state index is -0.286. The van der Waals surface area contributed by atoms with E-state index in [4.69, 9.17) is 4.74 Å². The maximum atomic E-state index is 12.9. The monoisotopic (exact) mass is 339 g/mol. The van der Waals surface area contributed by atoms with Crippen LogP contribution in [0.3, 0.4) is 0 Å². The number of anilines is 3. The summed E-state index contributed by atoms with van der Waals surface area (Å²) >= 11 is 0. The van der Waals surface area contributed by atoms with Crippen molar-refractivity contribution in [3.05, 3.63) is 66.1 Å². The Bertz CT molecular complexity index is 826. The number of ether oxygens (including phenoxy) is 1. The Balaban J connectivity index is 1.57. The number of aromatic nitrogens is 3. The zero-order valence-corrected chi connectivity index (χ0v) is 13.7. The van der Waals surface area contributed by atoms with Crippen LogP contribution in [-0.4, -0.2) is 28.8 Å². The molecule has 1 heterocycles. The average Bonchev–Trinajstić information content (AvgIpc) is 2.64. The van der Waals surface area contributed by atoms with Gasteiger partial charge in [-0.2, -0.15) is 10.1 Å². The molecule has 0 amide bonds. The lowest BCUT2D eigenvalue weighted by atomic mass is 10.1. The third-order valence-corrected chi connectivity index (χ3v) is 3.51. The second-order valence-electron chi connectivity index (χ2n) is 5.33. The average molecular weight is 339 g/mol. The Morgan fingerprint density at radius 2 is 1.96 bits per heavy atom. The van der Waals surface area contributed by atoms with Gasteiger partial charge in [-0.1, -0.05) is 12.1 Å². The fourth-order valence-corrected chi connectivity index (χ4v) is 2.27. The van der Waals surface area contributed by atoms with E-state index in [2.05, 4.69) is 25.8 Å². The molecule has 0 atom stereocenters. The van der Waals surface area contributed by atoms with Crippen LogP contribution in [0.4, 0.5) is 21.8 Å². The van der Waals surface area contributed by atoms with Gasteiger partial charge in [0.1, 0.15) is 11.6 Å². The summed E-state index contributed by atoms with van der Waals surface area (Å²) in [6.45, 7) is 0.662. The smallest absolute Gasteiger partial charge is 0.244 e. The highest BCUT2D eigenvalue weighted by molar-refractivity contribution is 5.55. The van der Waals surface area contributed by atoms with E-state index in [1.54, 1.807) is 19.2 Å². The van der Waals surface area contributed by atoms with E-state index in [1.165, 1.54) is 18.3 Å². The second kappa shape index (κ2) is 8.05. The van der Waals surface area contributed by atoms with Gasteiger partial charge in [0, 0.05) is 12.2 Å². The summed E-state index contributed by atoms with van der Waals surface area (Å²) in [5.74, 6) is 1.51. The zero-order chi connectivity index (χ0) is 17.5. The molecule has 128 valence electrons. The standard InChI is InChI=1S/C18H18FN5O/c1-25-16-4-2-3-13(11-16)9-10-20-18-23-17(12-21-24-18)22-15-7-5-14(19)6-8-15/h2-8,11-12H,9-10H2,1H3,(H2,20,22,23,24). The molecule has 3 aromatic rings. The minimum absolute atomic E-state index is 0.286. The van der Waals surface area contributed by atoms with E-state index >= 15 is 0 Å². The van der Waals surface area contributed by atoms with Gasteiger partial charge in [0.05, 0.1) is 13.3 Å². The number of halogens is 1. The number of benzene rings is 2. The summed E-state index contributed by atoms with van der Waals surface area (Å²) in [6, 6.07) is 13.9. The van der Waals surface area contributed by atoms with E-state index in [1.807, 2.05) is 24.3 Å². The molecule has 0 fully saturated rings. The molecule has 1 aromatic heterocycles. The Kier molecular flexibility index (Phi) is 5.36. The molecule has 0 spiro atoms. The Hall–Kier alpha value is -3.22. The molecule has 0 aliphatic heterocycles. The number of nitrogens with zero attached hydrogens (tertiary/aromatic N) is 3. The van der Waals surface area contributed by atoms with Gasteiger partial charge in [0.15, 0.2) is 5.82 Å². The van der Waals surface area contributed by atoms with E-state index in [9.17, 15) is 4.39 Å². The van der Waals surface area contributed by atoms with Crippen LogP contribution in [0.25, 0.3) is 0 Å². The number of nitrogens with one attached hydrogen (secondary N) is 2. The van der Waals surface area contributed by atoms with Crippen molar-refractivity contribution in [1.82, 2.24) is 15.2 Å². The number of hydrogen-bond acceptors (Lipinski definition) is 6. The zero-order valence-electron chi connectivity index (χ0n) is 13.7. The third-order valence-electron chi connectivity index (χ3n) is 3.51. The summed E-state index contributed by atoms with van der Waals surface area (Å²) in [7, 11) is 1.65. The molecule has 0 aliphatic rings. The van der Waals surface area contributed by atoms with Crippen molar-refractivity contribution in [2.24, 2.45) is 0 Å². The number of methoxy groups -OCH3 is 1. The SMILES string of the molecule is COc1cccc(CCNc2nncc(Nc3ccc(F)cc3)n2)c1. The molecule has 7 heteroatoms. The first-order chi connectivity index (χ1) is 12.2. The summed E-state index contributed by atoms with van der Waals surface area (Å²) in [4.78, 5) is 4.34. The molecule has 2 N–H and O–H groups in total. The fourth-order valence-electron chi connectivity index (χ4n) is 2.27. The van der Waals surface area contributed by atoms with Crippen LogP contribution in [0.5, 0.6) is 5.75 Å². The van der Waals surface area contributed by atoms with E-state index in [0.29, 0.717) is 18.3 Å². The number of rotatable bonds is 7. The van der Waals surface area contributed by atoms with Crippen molar-refractivity contribution >= 4 is 17.5 Å². The van der Waals surface area contributed by atoms with Crippen molar-refractivity contribution in [3.63, 3.8) is 0 Å². The highest BCUT2D eigenvalue weighted by Crippen LogP contribution is 2.15. The number of hydrogen-bond donors (Lipinski definition) is 2. The topological polar surface area (TPSA) is 72.0 Å².